The molecule has 96 valence electrons. The second-order valence-electron chi connectivity index (χ2n) is 4.44. The summed E-state index contributed by atoms with van der Waals surface area (Å²) in [5, 5.41) is 3.31. The van der Waals surface area contributed by atoms with Gasteiger partial charge in [0.15, 0.2) is 0 Å². The van der Waals surface area contributed by atoms with Gasteiger partial charge in [-0.1, -0.05) is 12.1 Å². The van der Waals surface area contributed by atoms with E-state index in [9.17, 15) is 0 Å². The van der Waals surface area contributed by atoms with Crippen LogP contribution in [-0.4, -0.2) is 14.2 Å². The van der Waals surface area contributed by atoms with Crippen LogP contribution in [0.5, 0.6) is 5.75 Å². The third-order valence-corrected chi connectivity index (χ3v) is 3.13. The van der Waals surface area contributed by atoms with Crippen molar-refractivity contribution in [2.24, 2.45) is 0 Å². The molecule has 0 fully saturated rings. The molecule has 2 aromatic rings. The Morgan fingerprint density at radius 2 is 1.94 bits per heavy atom. The molecule has 3 heteroatoms. The molecule has 2 rings (SSSR count). The van der Waals surface area contributed by atoms with Crippen LogP contribution in [0.3, 0.4) is 0 Å². The lowest BCUT2D eigenvalue weighted by Gasteiger charge is -2.16. The number of benzene rings is 1. The Balaban J connectivity index is 2.36. The molecular weight excluding hydrogens is 226 g/mol. The zero-order valence-electron chi connectivity index (χ0n) is 11.3. The van der Waals surface area contributed by atoms with Gasteiger partial charge in [0.1, 0.15) is 11.5 Å². The van der Waals surface area contributed by atoms with E-state index in [0.29, 0.717) is 0 Å². The fraction of sp³-hybridized carbons (Fsp3) is 0.333. The highest BCUT2D eigenvalue weighted by Crippen LogP contribution is 2.27. The van der Waals surface area contributed by atoms with Crippen molar-refractivity contribution >= 4 is 0 Å². The summed E-state index contributed by atoms with van der Waals surface area (Å²) in [6.07, 6.45) is 1.80. The Kier molecular flexibility index (Phi) is 3.72. The minimum atomic E-state index is 0.145. The molecule has 3 nitrogen and oxygen atoms in total. The van der Waals surface area contributed by atoms with E-state index in [0.717, 1.165) is 22.6 Å². The summed E-state index contributed by atoms with van der Waals surface area (Å²) in [4.78, 5) is 0. The molecule has 1 heterocycles. The number of nitrogens with one attached hydrogen (secondary N) is 1. The van der Waals surface area contributed by atoms with E-state index in [1.807, 2.05) is 20.0 Å². The van der Waals surface area contributed by atoms with E-state index in [1.165, 1.54) is 5.56 Å². The Morgan fingerprint density at radius 3 is 2.44 bits per heavy atom. The Bertz CT molecular complexity index is 531. The van der Waals surface area contributed by atoms with Gasteiger partial charge in [-0.25, -0.2) is 0 Å². The quantitative estimate of drug-likeness (QED) is 0.898. The van der Waals surface area contributed by atoms with Gasteiger partial charge in [0.25, 0.3) is 0 Å². The van der Waals surface area contributed by atoms with Crippen molar-refractivity contribution in [2.75, 3.05) is 14.2 Å². The maximum atomic E-state index is 5.38. The minimum absolute atomic E-state index is 0.145. The van der Waals surface area contributed by atoms with Crippen LogP contribution in [0.15, 0.2) is 34.9 Å². The van der Waals surface area contributed by atoms with Crippen molar-refractivity contribution in [3.8, 4) is 5.75 Å². The van der Waals surface area contributed by atoms with Crippen LogP contribution < -0.4 is 10.1 Å². The second kappa shape index (κ2) is 5.27. The van der Waals surface area contributed by atoms with Crippen LogP contribution in [0, 0.1) is 13.8 Å². The number of ether oxygens (including phenoxy) is 1. The van der Waals surface area contributed by atoms with Gasteiger partial charge in [-0.2, -0.15) is 0 Å². The van der Waals surface area contributed by atoms with Gasteiger partial charge in [0, 0.05) is 5.56 Å². The van der Waals surface area contributed by atoms with Gasteiger partial charge in [0.05, 0.1) is 19.4 Å². The largest absolute Gasteiger partial charge is 0.496 e. The molecule has 1 atom stereocenters. The first-order valence-corrected chi connectivity index (χ1v) is 6.02. The molecule has 18 heavy (non-hydrogen) atoms. The molecule has 0 spiro atoms. The summed E-state index contributed by atoms with van der Waals surface area (Å²) in [5.41, 5.74) is 3.48. The van der Waals surface area contributed by atoms with Crippen LogP contribution in [0.1, 0.15) is 28.5 Å². The molecule has 0 aliphatic heterocycles. The molecule has 1 N–H and O–H groups in total. The smallest absolute Gasteiger partial charge is 0.121 e. The first-order valence-electron chi connectivity index (χ1n) is 6.02. The van der Waals surface area contributed by atoms with Crippen molar-refractivity contribution in [3.63, 3.8) is 0 Å². The van der Waals surface area contributed by atoms with E-state index in [1.54, 1.807) is 13.4 Å². The molecule has 0 aliphatic carbocycles. The third kappa shape index (κ3) is 2.41. The van der Waals surface area contributed by atoms with Crippen LogP contribution in [0.4, 0.5) is 0 Å². The predicted molar refractivity (Wildman–Crippen MR) is 72.1 cm³/mol. The molecule has 0 aliphatic rings. The highest BCUT2D eigenvalue weighted by Gasteiger charge is 2.15. The topological polar surface area (TPSA) is 34.4 Å². The third-order valence-electron chi connectivity index (χ3n) is 3.13. The lowest BCUT2D eigenvalue weighted by atomic mass is 9.99. The molecule has 0 amide bonds. The molecule has 1 aromatic carbocycles. The lowest BCUT2D eigenvalue weighted by molar-refractivity contribution is 0.411. The first-order chi connectivity index (χ1) is 8.65. The van der Waals surface area contributed by atoms with Gasteiger partial charge in [-0.3, -0.25) is 0 Å². The number of aryl methyl sites for hydroxylation is 2. The van der Waals surface area contributed by atoms with Gasteiger partial charge in [0.2, 0.25) is 0 Å². The molecule has 0 bridgehead atoms. The van der Waals surface area contributed by atoms with Crippen molar-refractivity contribution in [2.45, 2.75) is 19.9 Å². The van der Waals surface area contributed by atoms with E-state index in [2.05, 4.69) is 30.4 Å². The highest BCUT2D eigenvalue weighted by molar-refractivity contribution is 5.40. The fourth-order valence-electron chi connectivity index (χ4n) is 2.22. The summed E-state index contributed by atoms with van der Waals surface area (Å²) < 4.78 is 10.7. The second-order valence-corrected chi connectivity index (χ2v) is 4.44. The van der Waals surface area contributed by atoms with Gasteiger partial charge >= 0.3 is 0 Å². The number of methoxy groups -OCH3 is 1. The molecule has 0 saturated carbocycles. The van der Waals surface area contributed by atoms with E-state index in [-0.39, 0.29) is 6.04 Å². The predicted octanol–water partition coefficient (Wildman–Crippen LogP) is 3.21. The summed E-state index contributed by atoms with van der Waals surface area (Å²) >= 11 is 0. The summed E-state index contributed by atoms with van der Waals surface area (Å²) in [7, 11) is 3.64. The summed E-state index contributed by atoms with van der Waals surface area (Å²) in [5.74, 6) is 1.84. The normalized spacial score (nSPS) is 12.4. The molecule has 1 unspecified atom stereocenters. The Morgan fingerprint density at radius 1 is 1.17 bits per heavy atom. The fourth-order valence-corrected chi connectivity index (χ4v) is 2.22. The average molecular weight is 245 g/mol. The van der Waals surface area contributed by atoms with E-state index < -0.39 is 0 Å². The van der Waals surface area contributed by atoms with Crippen LogP contribution >= 0.6 is 0 Å². The van der Waals surface area contributed by atoms with Gasteiger partial charge in [-0.15, -0.1) is 0 Å². The molecular formula is C15H19NO2. The minimum Gasteiger partial charge on any atom is -0.496 e. The zero-order chi connectivity index (χ0) is 13.1. The van der Waals surface area contributed by atoms with Crippen molar-refractivity contribution in [3.05, 3.63) is 53.0 Å². The van der Waals surface area contributed by atoms with Crippen molar-refractivity contribution < 1.29 is 9.15 Å². The Hall–Kier alpha value is -1.74. The zero-order valence-corrected chi connectivity index (χ0v) is 11.3. The lowest BCUT2D eigenvalue weighted by Crippen LogP contribution is -2.17. The van der Waals surface area contributed by atoms with Crippen LogP contribution in [-0.2, 0) is 0 Å². The standard InChI is InChI=1S/C15H19NO2/c1-10-7-12(5-6-14(10)17-4)15(16-3)13-8-11(2)18-9-13/h5-9,15-16H,1-4H3. The van der Waals surface area contributed by atoms with Crippen molar-refractivity contribution in [1.82, 2.24) is 5.32 Å². The van der Waals surface area contributed by atoms with Gasteiger partial charge < -0.3 is 14.5 Å². The average Bonchev–Trinajstić information content (AvgIpc) is 2.77. The highest BCUT2D eigenvalue weighted by atomic mass is 16.5. The molecule has 1 aromatic heterocycles. The van der Waals surface area contributed by atoms with Crippen molar-refractivity contribution in [1.29, 1.82) is 0 Å². The number of hydrogen-bond donors (Lipinski definition) is 1. The number of rotatable bonds is 4. The Labute approximate surface area is 108 Å². The molecule has 0 radical (unpaired) electrons. The first kappa shape index (κ1) is 12.7. The maximum absolute atomic E-state index is 5.38. The monoisotopic (exact) mass is 245 g/mol. The number of hydrogen-bond acceptors (Lipinski definition) is 3. The maximum Gasteiger partial charge on any atom is 0.121 e. The van der Waals surface area contributed by atoms with Crippen LogP contribution in [0.2, 0.25) is 0 Å². The summed E-state index contributed by atoms with van der Waals surface area (Å²) in [6, 6.07) is 8.42. The van der Waals surface area contributed by atoms with E-state index >= 15 is 0 Å². The van der Waals surface area contributed by atoms with Crippen LogP contribution in [0.25, 0.3) is 0 Å². The molecule has 0 saturated heterocycles. The SMILES string of the molecule is CNC(c1coc(C)c1)c1ccc(OC)c(C)c1. The van der Waals surface area contributed by atoms with E-state index in [4.69, 9.17) is 9.15 Å². The number of furan rings is 1. The van der Waals surface area contributed by atoms with Gasteiger partial charge in [-0.05, 0) is 44.2 Å². The summed E-state index contributed by atoms with van der Waals surface area (Å²) in [6.45, 7) is 4.01.